The molecule has 0 aromatic rings. The summed E-state index contributed by atoms with van der Waals surface area (Å²) in [5, 5.41) is 0. The van der Waals surface area contributed by atoms with E-state index in [2.05, 4.69) is 41.5 Å². The van der Waals surface area contributed by atoms with Crippen LogP contribution in [0.5, 0.6) is 0 Å². The summed E-state index contributed by atoms with van der Waals surface area (Å²) < 4.78 is 0. The number of rotatable bonds is 0. The molecular formula is C12H24. The van der Waals surface area contributed by atoms with Gasteiger partial charge in [-0.3, -0.25) is 0 Å². The molecule has 0 nitrogen and oxygen atoms in total. The third kappa shape index (κ3) is 1.84. The van der Waals surface area contributed by atoms with Crippen molar-refractivity contribution in [2.24, 2.45) is 22.7 Å². The van der Waals surface area contributed by atoms with Crippen LogP contribution in [0, 0.1) is 22.7 Å². The molecule has 0 aromatic carbocycles. The van der Waals surface area contributed by atoms with Gasteiger partial charge in [-0.05, 0) is 35.5 Å². The summed E-state index contributed by atoms with van der Waals surface area (Å²) in [5.41, 5.74) is 1.05. The molecule has 72 valence electrons. The molecule has 0 radical (unpaired) electrons. The zero-order valence-corrected chi connectivity index (χ0v) is 9.57. The van der Waals surface area contributed by atoms with E-state index in [1.54, 1.807) is 0 Å². The Hall–Kier alpha value is 0. The summed E-state index contributed by atoms with van der Waals surface area (Å²) in [5.74, 6) is 1.91. The van der Waals surface area contributed by atoms with Gasteiger partial charge in [-0.15, -0.1) is 0 Å². The van der Waals surface area contributed by atoms with Gasteiger partial charge in [0.15, 0.2) is 0 Å². The van der Waals surface area contributed by atoms with Crippen molar-refractivity contribution in [2.75, 3.05) is 0 Å². The van der Waals surface area contributed by atoms with Crippen LogP contribution in [0.15, 0.2) is 0 Å². The van der Waals surface area contributed by atoms with Crippen molar-refractivity contribution >= 4 is 0 Å². The maximum Gasteiger partial charge on any atom is -0.0332 e. The normalized spacial score (nSPS) is 31.5. The van der Waals surface area contributed by atoms with Crippen molar-refractivity contribution in [3.63, 3.8) is 0 Å². The first-order chi connectivity index (χ1) is 5.23. The van der Waals surface area contributed by atoms with Crippen LogP contribution in [0.4, 0.5) is 0 Å². The molecule has 2 atom stereocenters. The summed E-state index contributed by atoms with van der Waals surface area (Å²) in [7, 11) is 0. The highest BCUT2D eigenvalue weighted by Gasteiger charge is 2.44. The molecule has 12 heavy (non-hydrogen) atoms. The predicted molar refractivity (Wildman–Crippen MR) is 55.1 cm³/mol. The standard InChI is InChI=1S/C12H24/c1-11(2,3)9-7-8-10(9)12(4,5)6/h9-10H,7-8H2,1-6H3. The van der Waals surface area contributed by atoms with E-state index in [0.717, 1.165) is 11.8 Å². The molecule has 0 aliphatic heterocycles. The molecule has 1 saturated carbocycles. The van der Waals surface area contributed by atoms with E-state index in [9.17, 15) is 0 Å². The zero-order chi connectivity index (χ0) is 9.57. The SMILES string of the molecule is CC(C)(C)C1CCC1C(C)(C)C. The van der Waals surface area contributed by atoms with Gasteiger partial charge in [0.05, 0.1) is 0 Å². The minimum atomic E-state index is 0.524. The van der Waals surface area contributed by atoms with Gasteiger partial charge in [0.2, 0.25) is 0 Å². The van der Waals surface area contributed by atoms with Crippen LogP contribution in [0.1, 0.15) is 54.4 Å². The third-order valence-electron chi connectivity index (χ3n) is 3.50. The van der Waals surface area contributed by atoms with Gasteiger partial charge in [0.1, 0.15) is 0 Å². The van der Waals surface area contributed by atoms with Crippen molar-refractivity contribution in [3.05, 3.63) is 0 Å². The van der Waals surface area contributed by atoms with Crippen molar-refractivity contribution < 1.29 is 0 Å². The minimum Gasteiger partial charge on any atom is -0.0599 e. The molecule has 0 amide bonds. The summed E-state index contributed by atoms with van der Waals surface area (Å²) in [6.07, 6.45) is 2.90. The van der Waals surface area contributed by atoms with E-state index in [-0.39, 0.29) is 0 Å². The monoisotopic (exact) mass is 168 g/mol. The van der Waals surface area contributed by atoms with Crippen LogP contribution >= 0.6 is 0 Å². The first-order valence-electron chi connectivity index (χ1n) is 5.23. The van der Waals surface area contributed by atoms with Gasteiger partial charge >= 0.3 is 0 Å². The quantitative estimate of drug-likeness (QED) is 0.511. The van der Waals surface area contributed by atoms with E-state index in [1.165, 1.54) is 12.8 Å². The van der Waals surface area contributed by atoms with E-state index in [4.69, 9.17) is 0 Å². The first kappa shape index (κ1) is 10.1. The van der Waals surface area contributed by atoms with E-state index >= 15 is 0 Å². The van der Waals surface area contributed by atoms with Gasteiger partial charge < -0.3 is 0 Å². The van der Waals surface area contributed by atoms with E-state index in [1.807, 2.05) is 0 Å². The molecule has 2 unspecified atom stereocenters. The highest BCUT2D eigenvalue weighted by atomic mass is 14.5. The van der Waals surface area contributed by atoms with Gasteiger partial charge in [-0.1, -0.05) is 41.5 Å². The lowest BCUT2D eigenvalue weighted by molar-refractivity contribution is -0.0163. The molecule has 1 aliphatic carbocycles. The van der Waals surface area contributed by atoms with Crippen LogP contribution in [-0.4, -0.2) is 0 Å². The second kappa shape index (κ2) is 2.75. The summed E-state index contributed by atoms with van der Waals surface area (Å²) >= 11 is 0. The maximum absolute atomic E-state index is 2.38. The van der Waals surface area contributed by atoms with Gasteiger partial charge in [-0.2, -0.15) is 0 Å². The van der Waals surface area contributed by atoms with E-state index in [0.29, 0.717) is 10.8 Å². The molecular weight excluding hydrogens is 144 g/mol. The molecule has 0 N–H and O–H groups in total. The Labute approximate surface area is 77.7 Å². The molecule has 0 saturated heterocycles. The van der Waals surface area contributed by atoms with Gasteiger partial charge in [0.25, 0.3) is 0 Å². The molecule has 1 aliphatic rings. The summed E-state index contributed by atoms with van der Waals surface area (Å²) in [6.45, 7) is 14.3. The number of hydrogen-bond acceptors (Lipinski definition) is 0. The summed E-state index contributed by atoms with van der Waals surface area (Å²) in [4.78, 5) is 0. The maximum atomic E-state index is 2.38. The van der Waals surface area contributed by atoms with Crippen molar-refractivity contribution in [2.45, 2.75) is 54.4 Å². The number of hydrogen-bond donors (Lipinski definition) is 0. The average molecular weight is 168 g/mol. The fourth-order valence-corrected chi connectivity index (χ4v) is 2.57. The largest absolute Gasteiger partial charge is 0.0599 e. The van der Waals surface area contributed by atoms with Crippen molar-refractivity contribution in [1.82, 2.24) is 0 Å². The Morgan fingerprint density at radius 3 is 1.00 bits per heavy atom. The Morgan fingerprint density at radius 1 is 0.667 bits per heavy atom. The molecule has 1 fully saturated rings. The lowest BCUT2D eigenvalue weighted by atomic mass is 9.54. The van der Waals surface area contributed by atoms with Crippen LogP contribution in [0.2, 0.25) is 0 Å². The highest BCUT2D eigenvalue weighted by molar-refractivity contribution is 4.94. The lowest BCUT2D eigenvalue weighted by Gasteiger charge is -2.51. The third-order valence-corrected chi connectivity index (χ3v) is 3.50. The highest BCUT2D eigenvalue weighted by Crippen LogP contribution is 2.53. The van der Waals surface area contributed by atoms with Crippen LogP contribution in [0.3, 0.4) is 0 Å². The van der Waals surface area contributed by atoms with Crippen LogP contribution in [-0.2, 0) is 0 Å². The predicted octanol–water partition coefficient (Wildman–Crippen LogP) is 4.10. The molecule has 0 spiro atoms. The Bertz CT molecular complexity index is 134. The molecule has 1 rings (SSSR count). The molecule has 0 heterocycles. The smallest absolute Gasteiger partial charge is 0.0332 e. The fraction of sp³-hybridized carbons (Fsp3) is 1.00. The first-order valence-corrected chi connectivity index (χ1v) is 5.23. The van der Waals surface area contributed by atoms with E-state index < -0.39 is 0 Å². The van der Waals surface area contributed by atoms with Crippen LogP contribution in [0.25, 0.3) is 0 Å². The van der Waals surface area contributed by atoms with Gasteiger partial charge in [-0.25, -0.2) is 0 Å². The lowest BCUT2D eigenvalue weighted by Crippen LogP contribution is -2.43. The van der Waals surface area contributed by atoms with Crippen molar-refractivity contribution in [3.8, 4) is 0 Å². The summed E-state index contributed by atoms with van der Waals surface area (Å²) in [6, 6.07) is 0. The molecule has 0 heteroatoms. The minimum absolute atomic E-state index is 0.524. The Morgan fingerprint density at radius 2 is 0.917 bits per heavy atom. The fourth-order valence-electron chi connectivity index (χ4n) is 2.57. The van der Waals surface area contributed by atoms with Crippen molar-refractivity contribution in [1.29, 1.82) is 0 Å². The average Bonchev–Trinajstić information content (AvgIpc) is 1.46. The topological polar surface area (TPSA) is 0 Å². The second-order valence-corrected chi connectivity index (χ2v) is 6.52. The molecule has 0 bridgehead atoms. The Kier molecular flexibility index (Phi) is 2.31. The second-order valence-electron chi connectivity index (χ2n) is 6.52. The van der Waals surface area contributed by atoms with Crippen LogP contribution < -0.4 is 0 Å². The zero-order valence-electron chi connectivity index (χ0n) is 9.57. The Balaban J connectivity index is 2.62. The van der Waals surface area contributed by atoms with Gasteiger partial charge in [0, 0.05) is 0 Å². The molecule has 0 aromatic heterocycles.